The summed E-state index contributed by atoms with van der Waals surface area (Å²) in [5.41, 5.74) is 1.17. The highest BCUT2D eigenvalue weighted by atomic mass is 19.1. The van der Waals surface area contributed by atoms with E-state index in [-0.39, 0.29) is 22.9 Å². The Morgan fingerprint density at radius 1 is 1.25 bits per heavy atom. The Balaban J connectivity index is 2.08. The van der Waals surface area contributed by atoms with Crippen LogP contribution in [0.15, 0.2) is 43.1 Å². The van der Waals surface area contributed by atoms with Gasteiger partial charge in [0.1, 0.15) is 17.4 Å². The molecule has 0 atom stereocenters. The third-order valence-corrected chi connectivity index (χ3v) is 3.68. The summed E-state index contributed by atoms with van der Waals surface area (Å²) in [5, 5.41) is 11.0. The molecule has 6 heteroatoms. The predicted molar refractivity (Wildman–Crippen MR) is 90.7 cm³/mol. The first kappa shape index (κ1) is 15.7. The Bertz CT molecular complexity index is 947. The number of hydrogen-bond donors (Lipinski definition) is 3. The predicted octanol–water partition coefficient (Wildman–Crippen LogP) is 4.43. The summed E-state index contributed by atoms with van der Waals surface area (Å²) in [5.74, 6) is -0.987. The maximum Gasteiger partial charge on any atom is 0.170 e. The SMILES string of the molecule is C=Cc1c(Oc2ccc(F)c(C(=N)NC)c2)c(F)cc2[nH]ccc12. The second kappa shape index (κ2) is 6.16. The number of nitrogens with one attached hydrogen (secondary N) is 3. The van der Waals surface area contributed by atoms with E-state index >= 15 is 0 Å². The van der Waals surface area contributed by atoms with E-state index in [2.05, 4.69) is 16.9 Å². The minimum Gasteiger partial charge on any atom is -0.454 e. The van der Waals surface area contributed by atoms with Crippen LogP contribution < -0.4 is 10.1 Å². The first-order valence-electron chi connectivity index (χ1n) is 7.21. The van der Waals surface area contributed by atoms with E-state index in [1.54, 1.807) is 12.3 Å². The molecule has 3 N–H and O–H groups in total. The number of ether oxygens (including phenoxy) is 1. The molecule has 1 aromatic heterocycles. The fourth-order valence-electron chi connectivity index (χ4n) is 2.50. The number of hydrogen-bond acceptors (Lipinski definition) is 2. The summed E-state index contributed by atoms with van der Waals surface area (Å²) < 4.78 is 33.9. The highest BCUT2D eigenvalue weighted by molar-refractivity contribution is 5.96. The molecule has 0 saturated heterocycles. The largest absolute Gasteiger partial charge is 0.454 e. The van der Waals surface area contributed by atoms with E-state index in [0.717, 1.165) is 5.39 Å². The molecule has 0 fully saturated rings. The Kier molecular flexibility index (Phi) is 4.04. The fourth-order valence-corrected chi connectivity index (χ4v) is 2.50. The van der Waals surface area contributed by atoms with Gasteiger partial charge in [0.25, 0.3) is 0 Å². The van der Waals surface area contributed by atoms with Crippen LogP contribution in [0.25, 0.3) is 17.0 Å². The lowest BCUT2D eigenvalue weighted by Crippen LogP contribution is -2.19. The topological polar surface area (TPSA) is 60.9 Å². The summed E-state index contributed by atoms with van der Waals surface area (Å²) in [4.78, 5) is 2.94. The quantitative estimate of drug-likeness (QED) is 0.490. The van der Waals surface area contributed by atoms with Crippen LogP contribution >= 0.6 is 0 Å². The fraction of sp³-hybridized carbons (Fsp3) is 0.0556. The van der Waals surface area contributed by atoms with Gasteiger partial charge in [-0.15, -0.1) is 0 Å². The maximum atomic E-state index is 14.4. The van der Waals surface area contributed by atoms with E-state index < -0.39 is 11.6 Å². The molecule has 0 aliphatic carbocycles. The van der Waals surface area contributed by atoms with Crippen molar-refractivity contribution >= 4 is 22.8 Å². The van der Waals surface area contributed by atoms with Gasteiger partial charge in [0.15, 0.2) is 11.6 Å². The molecule has 0 aliphatic rings. The smallest absolute Gasteiger partial charge is 0.170 e. The first-order chi connectivity index (χ1) is 11.5. The van der Waals surface area contributed by atoms with Crippen molar-refractivity contribution < 1.29 is 13.5 Å². The molecule has 0 radical (unpaired) electrons. The zero-order chi connectivity index (χ0) is 17.3. The van der Waals surface area contributed by atoms with Crippen molar-refractivity contribution in [2.45, 2.75) is 0 Å². The molecular weight excluding hydrogens is 312 g/mol. The lowest BCUT2D eigenvalue weighted by Gasteiger charge is -2.13. The van der Waals surface area contributed by atoms with E-state index in [1.165, 1.54) is 37.4 Å². The molecule has 0 aliphatic heterocycles. The maximum absolute atomic E-state index is 14.4. The van der Waals surface area contributed by atoms with Crippen molar-refractivity contribution in [1.82, 2.24) is 10.3 Å². The van der Waals surface area contributed by atoms with E-state index in [9.17, 15) is 8.78 Å². The van der Waals surface area contributed by atoms with Gasteiger partial charge in [0, 0.05) is 35.8 Å². The number of aromatic amines is 1. The van der Waals surface area contributed by atoms with Gasteiger partial charge in [0.2, 0.25) is 0 Å². The van der Waals surface area contributed by atoms with E-state index in [1.807, 2.05) is 0 Å². The van der Waals surface area contributed by atoms with Crippen LogP contribution in [-0.2, 0) is 0 Å². The molecule has 0 spiro atoms. The number of halogens is 2. The Morgan fingerprint density at radius 2 is 2.04 bits per heavy atom. The molecule has 0 bridgehead atoms. The third kappa shape index (κ3) is 2.62. The summed E-state index contributed by atoms with van der Waals surface area (Å²) in [6.07, 6.45) is 3.21. The van der Waals surface area contributed by atoms with Crippen molar-refractivity contribution in [2.75, 3.05) is 7.05 Å². The van der Waals surface area contributed by atoms with Crippen LogP contribution in [0, 0.1) is 17.0 Å². The van der Waals surface area contributed by atoms with Gasteiger partial charge in [-0.25, -0.2) is 8.78 Å². The Labute approximate surface area is 137 Å². The summed E-state index contributed by atoms with van der Waals surface area (Å²) in [7, 11) is 1.52. The average molecular weight is 327 g/mol. The minimum absolute atomic E-state index is 0.00523. The Hall–Kier alpha value is -3.15. The number of fused-ring (bicyclic) bond motifs is 1. The van der Waals surface area contributed by atoms with Gasteiger partial charge in [0.05, 0.1) is 5.56 Å². The van der Waals surface area contributed by atoms with Crippen LogP contribution in [0.4, 0.5) is 8.78 Å². The molecule has 122 valence electrons. The molecule has 0 unspecified atom stereocenters. The molecule has 0 saturated carbocycles. The summed E-state index contributed by atoms with van der Waals surface area (Å²) in [6.45, 7) is 3.71. The van der Waals surface area contributed by atoms with Crippen LogP contribution in [-0.4, -0.2) is 17.9 Å². The number of amidine groups is 1. The average Bonchev–Trinajstić information content (AvgIpc) is 3.04. The standard InChI is InChI=1S/C18H15F2N3O/c1-3-11-12-6-7-23-16(12)9-15(20)17(11)24-10-4-5-14(19)13(8-10)18(21)22-2/h3-9,23H,1H2,2H3,(H2,21,22). The molecular formula is C18H15F2N3O. The molecule has 24 heavy (non-hydrogen) atoms. The lowest BCUT2D eigenvalue weighted by atomic mass is 10.1. The second-order valence-corrected chi connectivity index (χ2v) is 5.11. The van der Waals surface area contributed by atoms with Gasteiger partial charge in [-0.2, -0.15) is 0 Å². The van der Waals surface area contributed by atoms with Gasteiger partial charge < -0.3 is 15.0 Å². The second-order valence-electron chi connectivity index (χ2n) is 5.11. The van der Waals surface area contributed by atoms with Crippen LogP contribution in [0.1, 0.15) is 11.1 Å². The molecule has 0 amide bonds. The van der Waals surface area contributed by atoms with Crippen molar-refractivity contribution in [3.8, 4) is 11.5 Å². The van der Waals surface area contributed by atoms with Crippen molar-refractivity contribution in [2.24, 2.45) is 0 Å². The van der Waals surface area contributed by atoms with Crippen LogP contribution in [0.3, 0.4) is 0 Å². The first-order valence-corrected chi connectivity index (χ1v) is 7.21. The van der Waals surface area contributed by atoms with E-state index in [0.29, 0.717) is 11.1 Å². The van der Waals surface area contributed by atoms with Crippen molar-refractivity contribution in [3.63, 3.8) is 0 Å². The number of H-pyrrole nitrogens is 1. The normalized spacial score (nSPS) is 10.6. The monoisotopic (exact) mass is 327 g/mol. The summed E-state index contributed by atoms with van der Waals surface area (Å²) >= 11 is 0. The van der Waals surface area contributed by atoms with Crippen molar-refractivity contribution in [3.05, 3.63) is 65.9 Å². The van der Waals surface area contributed by atoms with Gasteiger partial charge in [-0.1, -0.05) is 12.7 Å². The van der Waals surface area contributed by atoms with E-state index in [4.69, 9.17) is 10.1 Å². The highest BCUT2D eigenvalue weighted by Crippen LogP contribution is 2.35. The minimum atomic E-state index is -0.563. The molecule has 1 heterocycles. The molecule has 3 aromatic rings. The Morgan fingerprint density at radius 3 is 2.75 bits per heavy atom. The number of benzene rings is 2. The van der Waals surface area contributed by atoms with Gasteiger partial charge >= 0.3 is 0 Å². The van der Waals surface area contributed by atoms with Crippen molar-refractivity contribution in [1.29, 1.82) is 5.41 Å². The molecule has 3 rings (SSSR count). The molecule has 2 aromatic carbocycles. The van der Waals surface area contributed by atoms with Gasteiger partial charge in [-0.05, 0) is 24.3 Å². The van der Waals surface area contributed by atoms with Crippen LogP contribution in [0.5, 0.6) is 11.5 Å². The number of rotatable bonds is 4. The van der Waals surface area contributed by atoms with Gasteiger partial charge in [-0.3, -0.25) is 5.41 Å². The third-order valence-electron chi connectivity index (χ3n) is 3.68. The summed E-state index contributed by atoms with van der Waals surface area (Å²) in [6, 6.07) is 7.04. The lowest BCUT2D eigenvalue weighted by molar-refractivity contribution is 0.441. The highest BCUT2D eigenvalue weighted by Gasteiger charge is 2.16. The molecule has 4 nitrogen and oxygen atoms in total. The number of aromatic nitrogens is 1. The zero-order valence-corrected chi connectivity index (χ0v) is 12.9. The zero-order valence-electron chi connectivity index (χ0n) is 12.9. The van der Waals surface area contributed by atoms with Crippen LogP contribution in [0.2, 0.25) is 0 Å².